The third-order valence-corrected chi connectivity index (χ3v) is 6.45. The normalized spacial score (nSPS) is 29.8. The minimum absolute atomic E-state index is 0.00152. The van der Waals surface area contributed by atoms with E-state index in [2.05, 4.69) is 5.10 Å². The van der Waals surface area contributed by atoms with Gasteiger partial charge < -0.3 is 4.79 Å². The van der Waals surface area contributed by atoms with E-state index in [0.29, 0.717) is 18.3 Å². The molecule has 0 bridgehead atoms. The van der Waals surface area contributed by atoms with Gasteiger partial charge in [0.05, 0.1) is 29.1 Å². The zero-order chi connectivity index (χ0) is 18.7. The summed E-state index contributed by atoms with van der Waals surface area (Å²) in [5.74, 6) is -0.922. The van der Waals surface area contributed by atoms with Gasteiger partial charge in [0, 0.05) is 10.8 Å². The lowest BCUT2D eigenvalue weighted by Gasteiger charge is -2.52. The molecule has 1 heterocycles. The molecule has 0 spiro atoms. The van der Waals surface area contributed by atoms with Gasteiger partial charge in [0.2, 0.25) is 0 Å². The molecule has 3 atom stereocenters. The first-order valence-corrected chi connectivity index (χ1v) is 8.97. The van der Waals surface area contributed by atoms with Crippen LogP contribution in [0, 0.1) is 22.7 Å². The summed E-state index contributed by atoms with van der Waals surface area (Å²) in [4.78, 5) is 37.7. The second-order valence-corrected chi connectivity index (χ2v) is 8.29. The largest absolute Gasteiger partial charge is 0.303 e. The van der Waals surface area contributed by atoms with Crippen LogP contribution in [0.15, 0.2) is 36.5 Å². The number of nitrogens with zero attached hydrogens (tertiary/aromatic N) is 2. The fourth-order valence-electron chi connectivity index (χ4n) is 5.03. The summed E-state index contributed by atoms with van der Waals surface area (Å²) in [6.07, 6.45) is 3.22. The summed E-state index contributed by atoms with van der Waals surface area (Å²) in [6, 6.07) is 9.70. The van der Waals surface area contributed by atoms with Crippen molar-refractivity contribution in [2.24, 2.45) is 22.7 Å². The maximum absolute atomic E-state index is 13.4. The number of Topliss-reactive ketones (excluding diaryl/α,β-unsaturated/α-hetero) is 2. The van der Waals surface area contributed by atoms with Crippen molar-refractivity contribution in [1.29, 1.82) is 0 Å². The van der Waals surface area contributed by atoms with Gasteiger partial charge in [-0.05, 0) is 30.9 Å². The topological polar surface area (TPSA) is 69.0 Å². The third kappa shape index (κ3) is 2.09. The van der Waals surface area contributed by atoms with Crippen LogP contribution in [0.4, 0.5) is 0 Å². The van der Waals surface area contributed by atoms with Crippen molar-refractivity contribution in [3.05, 3.63) is 47.8 Å². The van der Waals surface area contributed by atoms with Gasteiger partial charge in [-0.25, -0.2) is 4.68 Å². The Labute approximate surface area is 152 Å². The number of carbonyl (C=O) groups excluding carboxylic acids is 3. The van der Waals surface area contributed by atoms with Crippen LogP contribution in [-0.4, -0.2) is 27.6 Å². The van der Waals surface area contributed by atoms with E-state index in [0.717, 1.165) is 11.4 Å². The van der Waals surface area contributed by atoms with Crippen LogP contribution in [0.5, 0.6) is 0 Å². The number of fused-ring (bicyclic) bond motifs is 2. The molecule has 1 aromatic heterocycles. The number of rotatable bonds is 2. The van der Waals surface area contributed by atoms with Crippen LogP contribution in [0.1, 0.15) is 43.2 Å². The van der Waals surface area contributed by atoms with E-state index in [1.165, 1.54) is 0 Å². The SMILES string of the molecule is CC1(C)C(=O)C(C=O)C[C@]2(C)C(=O)c3cnn(-c4ccccc4)c3C[C@@H]12. The first-order chi connectivity index (χ1) is 12.3. The third-order valence-electron chi connectivity index (χ3n) is 6.45. The molecule has 0 radical (unpaired) electrons. The standard InChI is InChI=1S/C21H22N2O3/c1-20(2)17-9-16-15(11-22-23(16)14-7-5-4-6-8-14)19(26)21(17,3)10-13(12-24)18(20)25/h4-8,11-13,17H,9-10H2,1-3H3/t13?,17-,21-/m0/s1. The van der Waals surface area contributed by atoms with Gasteiger partial charge in [-0.2, -0.15) is 5.10 Å². The van der Waals surface area contributed by atoms with Gasteiger partial charge >= 0.3 is 0 Å². The van der Waals surface area contributed by atoms with E-state index in [1.807, 2.05) is 51.1 Å². The number of ketones is 2. The molecule has 0 aliphatic heterocycles. The molecule has 1 fully saturated rings. The summed E-state index contributed by atoms with van der Waals surface area (Å²) in [5.41, 5.74) is 0.908. The summed E-state index contributed by atoms with van der Waals surface area (Å²) in [7, 11) is 0. The predicted molar refractivity (Wildman–Crippen MR) is 96.2 cm³/mol. The smallest absolute Gasteiger partial charge is 0.172 e. The number of para-hydroxylation sites is 1. The Kier molecular flexibility index (Phi) is 3.55. The highest BCUT2D eigenvalue weighted by Gasteiger charge is 2.60. The zero-order valence-corrected chi connectivity index (χ0v) is 15.2. The molecule has 5 heteroatoms. The molecule has 2 aliphatic rings. The molecule has 5 nitrogen and oxygen atoms in total. The van der Waals surface area contributed by atoms with Gasteiger partial charge in [0.1, 0.15) is 12.1 Å². The monoisotopic (exact) mass is 350 g/mol. The molecular formula is C21H22N2O3. The lowest BCUT2D eigenvalue weighted by atomic mass is 9.48. The molecule has 4 rings (SSSR count). The second-order valence-electron chi connectivity index (χ2n) is 8.29. The van der Waals surface area contributed by atoms with Gasteiger partial charge in [0.25, 0.3) is 0 Å². The zero-order valence-electron chi connectivity index (χ0n) is 15.2. The fraction of sp³-hybridized carbons (Fsp3) is 0.429. The van der Waals surface area contributed by atoms with Crippen LogP contribution in [0.3, 0.4) is 0 Å². The van der Waals surface area contributed by atoms with Gasteiger partial charge in [0.15, 0.2) is 5.78 Å². The Morgan fingerprint density at radius 2 is 1.85 bits per heavy atom. The van der Waals surface area contributed by atoms with Crippen LogP contribution in [0.25, 0.3) is 5.69 Å². The average molecular weight is 350 g/mol. The van der Waals surface area contributed by atoms with Crippen LogP contribution < -0.4 is 0 Å². The molecular weight excluding hydrogens is 328 g/mol. The molecule has 0 N–H and O–H groups in total. The van der Waals surface area contributed by atoms with Gasteiger partial charge in [-0.3, -0.25) is 9.59 Å². The van der Waals surface area contributed by atoms with Crippen LogP contribution in [0.2, 0.25) is 0 Å². The molecule has 2 aromatic rings. The summed E-state index contributed by atoms with van der Waals surface area (Å²) in [5, 5.41) is 4.45. The van der Waals surface area contributed by atoms with Crippen molar-refractivity contribution in [2.75, 3.05) is 0 Å². The van der Waals surface area contributed by atoms with Crippen molar-refractivity contribution in [3.63, 3.8) is 0 Å². The van der Waals surface area contributed by atoms with E-state index in [-0.39, 0.29) is 23.9 Å². The van der Waals surface area contributed by atoms with Gasteiger partial charge in [-0.1, -0.05) is 39.0 Å². The van der Waals surface area contributed by atoms with E-state index < -0.39 is 16.7 Å². The summed E-state index contributed by atoms with van der Waals surface area (Å²) < 4.78 is 1.80. The number of carbonyl (C=O) groups is 3. The first kappa shape index (κ1) is 16.9. The van der Waals surface area contributed by atoms with Crippen molar-refractivity contribution in [1.82, 2.24) is 9.78 Å². The highest BCUT2D eigenvalue weighted by Crippen LogP contribution is 2.56. The summed E-state index contributed by atoms with van der Waals surface area (Å²) in [6.45, 7) is 5.65. The molecule has 1 saturated carbocycles. The molecule has 0 amide bonds. The lowest BCUT2D eigenvalue weighted by Crippen LogP contribution is -2.57. The average Bonchev–Trinajstić information content (AvgIpc) is 3.06. The van der Waals surface area contributed by atoms with E-state index >= 15 is 0 Å². The fourth-order valence-corrected chi connectivity index (χ4v) is 5.03. The predicted octanol–water partition coefficient (Wildman–Crippen LogP) is 3.05. The first-order valence-electron chi connectivity index (χ1n) is 8.97. The quantitative estimate of drug-likeness (QED) is 0.617. The van der Waals surface area contributed by atoms with E-state index in [1.54, 1.807) is 10.9 Å². The molecule has 1 unspecified atom stereocenters. The Morgan fingerprint density at radius 1 is 1.15 bits per heavy atom. The van der Waals surface area contributed by atoms with Crippen molar-refractivity contribution in [2.45, 2.75) is 33.6 Å². The maximum Gasteiger partial charge on any atom is 0.172 e. The number of aromatic nitrogens is 2. The number of hydrogen-bond acceptors (Lipinski definition) is 4. The van der Waals surface area contributed by atoms with E-state index in [9.17, 15) is 14.4 Å². The lowest BCUT2D eigenvalue weighted by molar-refractivity contribution is -0.146. The van der Waals surface area contributed by atoms with Crippen LogP contribution >= 0.6 is 0 Å². The Bertz CT molecular complexity index is 913. The highest BCUT2D eigenvalue weighted by molar-refractivity contribution is 6.06. The van der Waals surface area contributed by atoms with Crippen molar-refractivity contribution in [3.8, 4) is 5.69 Å². The van der Waals surface area contributed by atoms with Crippen molar-refractivity contribution < 1.29 is 14.4 Å². The molecule has 26 heavy (non-hydrogen) atoms. The highest BCUT2D eigenvalue weighted by atomic mass is 16.1. The Morgan fingerprint density at radius 3 is 2.50 bits per heavy atom. The number of hydrogen-bond donors (Lipinski definition) is 0. The maximum atomic E-state index is 13.4. The van der Waals surface area contributed by atoms with Crippen molar-refractivity contribution >= 4 is 17.9 Å². The minimum Gasteiger partial charge on any atom is -0.303 e. The van der Waals surface area contributed by atoms with Crippen LogP contribution in [-0.2, 0) is 16.0 Å². The number of benzene rings is 1. The summed E-state index contributed by atoms with van der Waals surface area (Å²) >= 11 is 0. The molecule has 2 aliphatic carbocycles. The molecule has 1 aromatic carbocycles. The number of aldehydes is 1. The molecule has 0 saturated heterocycles. The molecule has 134 valence electrons. The van der Waals surface area contributed by atoms with E-state index in [4.69, 9.17) is 0 Å². The Balaban J connectivity index is 1.87. The Hall–Kier alpha value is -2.56. The van der Waals surface area contributed by atoms with Gasteiger partial charge in [-0.15, -0.1) is 0 Å². The second kappa shape index (κ2) is 5.47. The minimum atomic E-state index is -0.738.